The average Bonchev–Trinajstić information content (AvgIpc) is 3.16. The molecule has 3 unspecified atom stereocenters. The van der Waals surface area contributed by atoms with Crippen LogP contribution >= 0.6 is 0 Å². The number of nitrogens with one attached hydrogen (secondary N) is 1. The van der Waals surface area contributed by atoms with Crippen molar-refractivity contribution in [3.8, 4) is 0 Å². The summed E-state index contributed by atoms with van der Waals surface area (Å²) in [5.41, 5.74) is 0. The topological polar surface area (TPSA) is 95.9 Å². The predicted octanol–water partition coefficient (Wildman–Crippen LogP) is 13.3. The molecule has 0 saturated heterocycles. The molecule has 1 amide bonds. The van der Waals surface area contributed by atoms with Gasteiger partial charge in [-0.2, -0.15) is 0 Å². The predicted molar refractivity (Wildman–Crippen MR) is 232 cm³/mol. The first kappa shape index (κ1) is 52.1. The molecule has 54 heavy (non-hydrogen) atoms. The van der Waals surface area contributed by atoms with Gasteiger partial charge in [0.05, 0.1) is 25.2 Å². The van der Waals surface area contributed by atoms with Gasteiger partial charge in [0.1, 0.15) is 6.10 Å². The molecule has 0 spiro atoms. The Labute approximate surface area is 334 Å². The van der Waals surface area contributed by atoms with E-state index >= 15 is 0 Å². The molecule has 0 radical (unpaired) electrons. The average molecular weight is 760 g/mol. The van der Waals surface area contributed by atoms with Crippen LogP contribution in [0.4, 0.5) is 0 Å². The number of aliphatic hydroxyl groups is 2. The van der Waals surface area contributed by atoms with Gasteiger partial charge in [-0.25, -0.2) is 0 Å². The molecule has 316 valence electrons. The van der Waals surface area contributed by atoms with Crippen molar-refractivity contribution in [1.82, 2.24) is 5.32 Å². The molecule has 0 aliphatic carbocycles. The molecule has 0 aromatic carbocycles. The number of amides is 1. The maximum absolute atomic E-state index is 13.1. The van der Waals surface area contributed by atoms with E-state index in [0.717, 1.165) is 77.0 Å². The van der Waals surface area contributed by atoms with Gasteiger partial charge in [0.2, 0.25) is 5.91 Å². The van der Waals surface area contributed by atoms with Crippen molar-refractivity contribution in [3.63, 3.8) is 0 Å². The molecule has 0 aromatic rings. The third-order valence-electron chi connectivity index (χ3n) is 10.5. The molecule has 0 aliphatic heterocycles. The van der Waals surface area contributed by atoms with Crippen molar-refractivity contribution >= 4 is 11.9 Å². The fourth-order valence-corrected chi connectivity index (χ4v) is 7.02. The smallest absolute Gasteiger partial charge is 0.306 e. The van der Waals surface area contributed by atoms with Gasteiger partial charge in [-0.05, 0) is 44.9 Å². The lowest BCUT2D eigenvalue weighted by atomic mass is 10.0. The Kier molecular flexibility index (Phi) is 40.7. The standard InChI is InChI=1S/C48H89NO5/c1-4-7-10-13-16-19-22-23-26-29-32-35-38-41-48(53)54-44(39-36-33-30-27-24-20-17-14-11-8-5-2)42-47(52)49-45(43-50)46(51)40-37-34-31-28-25-21-18-15-12-9-6-3/h7,10,13,16,19,22,44-46,50-51H,4-6,8-9,11-12,14-15,17-18,20-21,23-43H2,1-3H3,(H,49,52)/b10-7+,16-13+,22-19-. The van der Waals surface area contributed by atoms with Crippen LogP contribution < -0.4 is 5.32 Å². The van der Waals surface area contributed by atoms with Crippen molar-refractivity contribution in [3.05, 3.63) is 36.5 Å². The summed E-state index contributed by atoms with van der Waals surface area (Å²) in [4.78, 5) is 26.0. The highest BCUT2D eigenvalue weighted by Gasteiger charge is 2.24. The monoisotopic (exact) mass is 760 g/mol. The third-order valence-corrected chi connectivity index (χ3v) is 10.5. The third kappa shape index (κ3) is 37.0. The van der Waals surface area contributed by atoms with E-state index in [1.165, 1.54) is 109 Å². The Morgan fingerprint density at radius 1 is 0.556 bits per heavy atom. The first-order valence-corrected chi connectivity index (χ1v) is 23.2. The van der Waals surface area contributed by atoms with Crippen molar-refractivity contribution in [2.75, 3.05) is 6.61 Å². The largest absolute Gasteiger partial charge is 0.462 e. The number of hydrogen-bond donors (Lipinski definition) is 3. The molecule has 0 rings (SSSR count). The van der Waals surface area contributed by atoms with Crippen molar-refractivity contribution in [1.29, 1.82) is 0 Å². The maximum atomic E-state index is 13.1. The van der Waals surface area contributed by atoms with Crippen LogP contribution in [0.5, 0.6) is 0 Å². The zero-order chi connectivity index (χ0) is 39.6. The van der Waals surface area contributed by atoms with Gasteiger partial charge in [0.15, 0.2) is 0 Å². The maximum Gasteiger partial charge on any atom is 0.306 e. The second-order valence-corrected chi connectivity index (χ2v) is 15.8. The summed E-state index contributed by atoms with van der Waals surface area (Å²) in [7, 11) is 0. The zero-order valence-corrected chi connectivity index (χ0v) is 35.9. The second kappa shape index (κ2) is 42.2. The molecule has 0 heterocycles. The molecule has 0 saturated carbocycles. The van der Waals surface area contributed by atoms with Crippen LogP contribution in [0.25, 0.3) is 0 Å². The Balaban J connectivity index is 4.59. The summed E-state index contributed by atoms with van der Waals surface area (Å²) in [6.07, 6.45) is 47.7. The number of allylic oxidation sites excluding steroid dienone is 6. The molecule has 3 N–H and O–H groups in total. The van der Waals surface area contributed by atoms with Gasteiger partial charge in [0.25, 0.3) is 0 Å². The van der Waals surface area contributed by atoms with Gasteiger partial charge in [0, 0.05) is 6.42 Å². The number of aliphatic hydroxyl groups excluding tert-OH is 2. The fourth-order valence-electron chi connectivity index (χ4n) is 7.02. The second-order valence-electron chi connectivity index (χ2n) is 15.8. The number of hydrogen-bond acceptors (Lipinski definition) is 5. The minimum atomic E-state index is -0.786. The number of carbonyl (C=O) groups excluding carboxylic acids is 2. The SMILES string of the molecule is CC/C=C/C=C/C=C\CCCCCCCC(=O)OC(CCCCCCCCCCCCC)CC(=O)NC(CO)C(O)CCCCCCCCCCCCC. The van der Waals surface area contributed by atoms with Crippen molar-refractivity contribution < 1.29 is 24.5 Å². The number of rotatable bonds is 41. The van der Waals surface area contributed by atoms with E-state index in [4.69, 9.17) is 4.74 Å². The van der Waals surface area contributed by atoms with Gasteiger partial charge in [-0.1, -0.05) is 211 Å². The summed E-state index contributed by atoms with van der Waals surface area (Å²) in [5.74, 6) is -0.493. The number of esters is 1. The van der Waals surface area contributed by atoms with Gasteiger partial charge in [-0.3, -0.25) is 9.59 Å². The van der Waals surface area contributed by atoms with Crippen molar-refractivity contribution in [2.45, 2.75) is 251 Å². The first-order valence-electron chi connectivity index (χ1n) is 23.2. The van der Waals surface area contributed by atoms with Crippen LogP contribution in [0.15, 0.2) is 36.5 Å². The first-order chi connectivity index (χ1) is 26.5. The van der Waals surface area contributed by atoms with Gasteiger partial charge >= 0.3 is 5.97 Å². The van der Waals surface area contributed by atoms with Crippen LogP contribution in [0.1, 0.15) is 233 Å². The Bertz CT molecular complexity index is 900. The highest BCUT2D eigenvalue weighted by Crippen LogP contribution is 2.18. The van der Waals surface area contributed by atoms with E-state index in [2.05, 4.69) is 62.5 Å². The molecule has 6 heteroatoms. The lowest BCUT2D eigenvalue weighted by Crippen LogP contribution is -2.46. The fraction of sp³-hybridized carbons (Fsp3) is 0.833. The summed E-state index contributed by atoms with van der Waals surface area (Å²) >= 11 is 0. The summed E-state index contributed by atoms with van der Waals surface area (Å²) in [6.45, 7) is 6.33. The summed E-state index contributed by atoms with van der Waals surface area (Å²) in [5, 5.41) is 23.6. The number of carbonyl (C=O) groups is 2. The molecule has 6 nitrogen and oxygen atoms in total. The van der Waals surface area contributed by atoms with Crippen LogP contribution in [0.3, 0.4) is 0 Å². The normalized spacial score (nSPS) is 13.6. The Morgan fingerprint density at radius 3 is 1.50 bits per heavy atom. The van der Waals surface area contributed by atoms with E-state index in [1.807, 2.05) is 0 Å². The lowest BCUT2D eigenvalue weighted by molar-refractivity contribution is -0.151. The molecular formula is C48H89NO5. The molecule has 0 aromatic heterocycles. The quantitative estimate of drug-likeness (QED) is 0.0328. The van der Waals surface area contributed by atoms with E-state index in [1.54, 1.807) is 0 Å². The highest BCUT2D eigenvalue weighted by atomic mass is 16.5. The van der Waals surface area contributed by atoms with Crippen LogP contribution in [0.2, 0.25) is 0 Å². The molecule has 3 atom stereocenters. The summed E-state index contributed by atoms with van der Waals surface area (Å²) < 4.78 is 5.89. The van der Waals surface area contributed by atoms with E-state index < -0.39 is 18.2 Å². The zero-order valence-electron chi connectivity index (χ0n) is 35.9. The van der Waals surface area contributed by atoms with Crippen molar-refractivity contribution in [2.24, 2.45) is 0 Å². The minimum Gasteiger partial charge on any atom is -0.462 e. The molecule has 0 fully saturated rings. The molecule has 0 bridgehead atoms. The summed E-state index contributed by atoms with van der Waals surface area (Å²) in [6, 6.07) is -0.700. The molecular weight excluding hydrogens is 671 g/mol. The lowest BCUT2D eigenvalue weighted by Gasteiger charge is -2.24. The van der Waals surface area contributed by atoms with Crippen LogP contribution in [-0.4, -0.2) is 46.9 Å². The van der Waals surface area contributed by atoms with Gasteiger partial charge in [-0.15, -0.1) is 0 Å². The number of ether oxygens (including phenoxy) is 1. The Hall–Kier alpha value is -1.92. The van der Waals surface area contributed by atoms with Gasteiger partial charge < -0.3 is 20.3 Å². The van der Waals surface area contributed by atoms with E-state index in [9.17, 15) is 19.8 Å². The Morgan fingerprint density at radius 2 is 1.00 bits per heavy atom. The van der Waals surface area contributed by atoms with E-state index in [0.29, 0.717) is 19.3 Å². The van der Waals surface area contributed by atoms with Crippen LogP contribution in [0, 0.1) is 0 Å². The minimum absolute atomic E-state index is 0.0722. The van der Waals surface area contributed by atoms with E-state index in [-0.39, 0.29) is 24.9 Å². The highest BCUT2D eigenvalue weighted by molar-refractivity contribution is 5.77. The number of unbranched alkanes of at least 4 members (excludes halogenated alkanes) is 25. The molecule has 0 aliphatic rings. The van der Waals surface area contributed by atoms with Crippen LogP contribution in [-0.2, 0) is 14.3 Å².